The number of likely N-dealkylation sites (tertiary alicyclic amines) is 2. The number of rotatable bonds is 22. The predicted molar refractivity (Wildman–Crippen MR) is 453 cm³/mol. The Morgan fingerprint density at radius 1 is 0.453 bits per heavy atom. The van der Waals surface area contributed by atoms with Gasteiger partial charge in [-0.3, -0.25) is 57.7 Å². The Morgan fingerprint density at radius 3 is 1.11 bits per heavy atom. The number of nitrogens with zero attached hydrogens (tertiary/aromatic N) is 2. The predicted octanol–water partition coefficient (Wildman–Crippen LogP) is 22.6. The fraction of sp³-hybridized carbons (Fsp3) is 0.822. The molecule has 1 aromatic carbocycles. The van der Waals surface area contributed by atoms with E-state index in [1.54, 1.807) is 53.7 Å². The molecule has 20 nitrogen and oxygen atoms in total. The molecule has 0 aromatic heterocycles. The molecule has 4 aliphatic rings. The Hall–Kier alpha value is -5.45. The maximum atomic E-state index is 13.8. The van der Waals surface area contributed by atoms with E-state index in [-0.39, 0.29) is 97.7 Å². The average molecular weight is 1790 g/mol. The summed E-state index contributed by atoms with van der Waals surface area (Å²) in [6.07, 6.45) is 4.22. The van der Waals surface area contributed by atoms with E-state index in [9.17, 15) is 74.3 Å². The average Bonchev–Trinajstić information content (AvgIpc) is 1.54. The van der Waals surface area contributed by atoms with E-state index in [4.69, 9.17) is 37.9 Å². The first-order chi connectivity index (χ1) is 52.5. The van der Waals surface area contributed by atoms with Crippen LogP contribution in [0.5, 0.6) is 0 Å². The van der Waals surface area contributed by atoms with Gasteiger partial charge in [0, 0.05) is 36.2 Å². The highest BCUT2D eigenvalue weighted by Crippen LogP contribution is 2.47. The molecule has 0 bridgehead atoms. The summed E-state index contributed by atoms with van der Waals surface area (Å²) >= 11 is 2.13. The van der Waals surface area contributed by atoms with E-state index in [2.05, 4.69) is 36.4 Å². The number of ether oxygens (including phenoxy) is 8. The number of hydrogen-bond acceptors (Lipinski definition) is 18. The molecule has 27 heteroatoms. The normalized spacial score (nSPS) is 20.6. The van der Waals surface area contributed by atoms with E-state index >= 15 is 0 Å². The van der Waals surface area contributed by atoms with E-state index < -0.39 is 80.6 Å². The zero-order valence-electron chi connectivity index (χ0n) is 78.2. The molecule has 0 N–H and O–H groups in total. The van der Waals surface area contributed by atoms with Gasteiger partial charge >= 0.3 is 48.2 Å². The summed E-state index contributed by atoms with van der Waals surface area (Å²) in [4.78, 5) is 121. The van der Waals surface area contributed by atoms with Crippen LogP contribution >= 0.6 is 22.6 Å². The lowest BCUT2D eigenvalue weighted by Gasteiger charge is -2.39. The molecule has 2 aliphatic carbocycles. The Labute approximate surface area is 712 Å². The van der Waals surface area contributed by atoms with Crippen LogP contribution in [0.3, 0.4) is 0 Å². The zero-order valence-corrected chi connectivity index (χ0v) is 80.4. The molecule has 5 rings (SSSR count). The first-order valence-corrected chi connectivity index (χ1v) is 42.7. The highest BCUT2D eigenvalue weighted by Gasteiger charge is 2.58. The van der Waals surface area contributed by atoms with Crippen molar-refractivity contribution in [2.75, 3.05) is 20.2 Å². The molecule has 1 aromatic rings. The first kappa shape index (κ1) is 114. The van der Waals surface area contributed by atoms with E-state index in [1.165, 1.54) is 59.8 Å². The van der Waals surface area contributed by atoms with Gasteiger partial charge < -0.3 is 37.9 Å². The molecule has 2 saturated heterocycles. The number of benzene rings is 1. The summed E-state index contributed by atoms with van der Waals surface area (Å²) in [5, 5.41) is 0. The number of amides is 4. The molecule has 7 unspecified atom stereocenters. The fourth-order valence-corrected chi connectivity index (χ4v) is 11.5. The standard InChI is InChI=1S/C19H29F3O2.C16H25NO4.C14H23NO4.C12H22O2.C10H17F3O2.C10H20O2.C9H17IO2/c1-8-13(2)14-9-11-15(12-10-14)18(6,19(20,21)22)24-16(23-7)17(3,4)5;1-4-15(2)10-7-12(18)17(14(15)20)11-13(19)21-16(3)8-5-6-9-16;1-6-14(5)8-7-10(16)15(12(14)18)9-11(17)19-13(2,3)4;1-5-11(2,3)10(13)14-12(4)8-6-7-9-12;1-6-9(5,10(11,12)13)7(14)15-8(2,3)4;1-7-10(5,6)8(11)12-9(2,3)4;1-6-9(5,10)7(11)12-8(2,3)4/h9-13,16H,8H2,1-7H3;4-11H2,1-3H3;6-9H2,1-5H3;5-9H2,1-4H3;6H2,1-5H3;7H2,1-6H3;6H2,1-5H3. The fourth-order valence-electron chi connectivity index (χ4n) is 11.4. The van der Waals surface area contributed by atoms with Crippen molar-refractivity contribution in [2.24, 2.45) is 32.5 Å². The number of halogens is 7. The van der Waals surface area contributed by atoms with Gasteiger partial charge in [-0.1, -0.05) is 137 Å². The van der Waals surface area contributed by atoms with Gasteiger partial charge in [-0.25, -0.2) is 0 Å². The van der Waals surface area contributed by atoms with Crippen molar-refractivity contribution in [3.8, 4) is 0 Å². The summed E-state index contributed by atoms with van der Waals surface area (Å²) in [5.74, 6) is -3.27. The quantitative estimate of drug-likeness (QED) is 0.0199. The van der Waals surface area contributed by atoms with Crippen molar-refractivity contribution in [2.45, 2.75) is 425 Å². The smallest absolute Gasteiger partial charge is 0.421 e. The van der Waals surface area contributed by atoms with Crippen LogP contribution in [-0.2, 0) is 91.4 Å². The summed E-state index contributed by atoms with van der Waals surface area (Å²) in [7, 11) is 1.36. The summed E-state index contributed by atoms with van der Waals surface area (Å²) in [6.45, 7) is 60.5. The van der Waals surface area contributed by atoms with Crippen LogP contribution in [0.2, 0.25) is 0 Å². The second-order valence-electron chi connectivity index (χ2n) is 39.4. The number of alkyl halides is 7. The summed E-state index contributed by atoms with van der Waals surface area (Å²) in [5.41, 5.74) is -8.98. The van der Waals surface area contributed by atoms with Gasteiger partial charge in [-0.2, -0.15) is 26.3 Å². The Balaban J connectivity index is 0. The van der Waals surface area contributed by atoms with Crippen LogP contribution < -0.4 is 0 Å². The lowest BCUT2D eigenvalue weighted by atomic mass is 9.78. The van der Waals surface area contributed by atoms with E-state index in [0.717, 1.165) is 93.4 Å². The number of esters is 6. The number of piperidine rings is 2. The molecular formula is C90H153F6IN2O18. The second kappa shape index (κ2) is 45.1. The van der Waals surface area contributed by atoms with Crippen molar-refractivity contribution in [3.05, 3.63) is 35.4 Å². The van der Waals surface area contributed by atoms with Crippen LogP contribution in [0.1, 0.15) is 374 Å². The Bertz CT molecular complexity index is 3320. The molecule has 117 heavy (non-hydrogen) atoms. The summed E-state index contributed by atoms with van der Waals surface area (Å²) < 4.78 is 121. The van der Waals surface area contributed by atoms with Crippen molar-refractivity contribution in [1.82, 2.24) is 9.80 Å². The van der Waals surface area contributed by atoms with Crippen LogP contribution in [-0.4, -0.2) is 145 Å². The van der Waals surface area contributed by atoms with Gasteiger partial charge in [0.25, 0.3) is 0 Å². The van der Waals surface area contributed by atoms with E-state index in [1.807, 2.05) is 138 Å². The molecule has 2 saturated carbocycles. The number of imide groups is 2. The molecule has 2 aliphatic heterocycles. The first-order valence-electron chi connectivity index (χ1n) is 41.7. The Morgan fingerprint density at radius 2 is 0.803 bits per heavy atom. The minimum atomic E-state index is -4.58. The highest BCUT2D eigenvalue weighted by atomic mass is 127. The lowest BCUT2D eigenvalue weighted by Crippen LogP contribution is -2.52. The Kier molecular flexibility index (Phi) is 43.8. The van der Waals surface area contributed by atoms with Crippen molar-refractivity contribution in [3.63, 3.8) is 0 Å². The summed E-state index contributed by atoms with van der Waals surface area (Å²) in [6, 6.07) is 6.50. The van der Waals surface area contributed by atoms with Gasteiger partial charge in [-0.15, -0.1) is 0 Å². The molecule has 680 valence electrons. The highest BCUT2D eigenvalue weighted by molar-refractivity contribution is 14.1. The van der Waals surface area contributed by atoms with Crippen LogP contribution in [0, 0.1) is 32.5 Å². The number of hydrogen-bond donors (Lipinski definition) is 0. The van der Waals surface area contributed by atoms with Gasteiger partial charge in [0.1, 0.15) is 50.1 Å². The number of methoxy groups -OCH3 is 1. The van der Waals surface area contributed by atoms with Crippen LogP contribution in [0.4, 0.5) is 26.3 Å². The molecule has 0 spiro atoms. The molecular weight excluding hydrogens is 1640 g/mol. The van der Waals surface area contributed by atoms with Crippen molar-refractivity contribution in [1.29, 1.82) is 0 Å². The van der Waals surface area contributed by atoms with Crippen molar-refractivity contribution < 1.29 is 112 Å². The third-order valence-electron chi connectivity index (χ3n) is 21.9. The third-order valence-corrected chi connectivity index (χ3v) is 23.1. The molecule has 4 amide bonds. The van der Waals surface area contributed by atoms with Crippen LogP contribution in [0.25, 0.3) is 0 Å². The minimum Gasteiger partial charge on any atom is -0.460 e. The van der Waals surface area contributed by atoms with Gasteiger partial charge in [0.15, 0.2) is 17.3 Å². The zero-order chi connectivity index (χ0) is 92.6. The monoisotopic (exact) mass is 1790 g/mol. The van der Waals surface area contributed by atoms with Gasteiger partial charge in [-0.05, 0) is 272 Å². The van der Waals surface area contributed by atoms with E-state index in [0.29, 0.717) is 44.4 Å². The van der Waals surface area contributed by atoms with Crippen LogP contribution in [0.15, 0.2) is 24.3 Å². The maximum Gasteiger partial charge on any atom is 0.421 e. The largest absolute Gasteiger partial charge is 0.460 e. The van der Waals surface area contributed by atoms with Gasteiger partial charge in [0.2, 0.25) is 23.6 Å². The molecule has 2 heterocycles. The molecule has 0 radical (unpaired) electrons. The molecule has 4 fully saturated rings. The molecule has 7 atom stereocenters. The van der Waals surface area contributed by atoms with Crippen molar-refractivity contribution >= 4 is 82.0 Å². The lowest BCUT2D eigenvalue weighted by molar-refractivity contribution is -0.337. The maximum absolute atomic E-state index is 13.8. The second-order valence-corrected chi connectivity index (χ2v) is 41.8. The number of carbonyl (C=O) groups is 10. The number of carbonyl (C=O) groups excluding carboxylic acids is 10. The SMILES string of the molecule is CCC(C)(C(=O)OC(C)(C)C)C(F)(F)F.CCC(C)(C)C(=O)OC(C)(C)C.CCC(C)(C)C(=O)OC1(C)CCCC1.CCC(C)(I)C(=O)OC(C)(C)C.CCC(C)c1ccc(C(C)(OC(OC)C(C)(C)C)C(F)(F)F)cc1.CCC1(C)CCC(=O)N(CC(=O)OC(C)(C)C)C1=O.CCC1(C)CCC(=O)N(CC(=O)OC2(C)CCCC2)C1=O. The van der Waals surface area contributed by atoms with Gasteiger partial charge in [0.05, 0.1) is 10.8 Å². The third kappa shape index (κ3) is 37.8. The topological polar surface area (TPSA) is 251 Å². The minimum absolute atomic E-state index is 0.0376.